The summed E-state index contributed by atoms with van der Waals surface area (Å²) in [6.07, 6.45) is 2.64. The molecule has 0 saturated heterocycles. The van der Waals surface area contributed by atoms with E-state index in [1.54, 1.807) is 12.3 Å². The van der Waals surface area contributed by atoms with Gasteiger partial charge in [0.15, 0.2) is 0 Å². The van der Waals surface area contributed by atoms with Gasteiger partial charge in [-0.1, -0.05) is 31.2 Å². The summed E-state index contributed by atoms with van der Waals surface area (Å²) in [7, 11) is 0. The maximum absolute atomic E-state index is 8.68. The standard InChI is InChI=1S/C14H12N2/c1-2-11-3-6-13(7-4-11)14-8-5-12(9-15)10-16-14/h3-8,10H,2H2,1H3. The molecule has 2 aromatic rings. The van der Waals surface area contributed by atoms with Crippen molar-refractivity contribution in [2.45, 2.75) is 13.3 Å². The Balaban J connectivity index is 2.32. The zero-order valence-electron chi connectivity index (χ0n) is 9.14. The largest absolute Gasteiger partial charge is 0.255 e. The first kappa shape index (κ1) is 10.4. The topological polar surface area (TPSA) is 36.7 Å². The van der Waals surface area contributed by atoms with Gasteiger partial charge < -0.3 is 0 Å². The number of benzene rings is 1. The van der Waals surface area contributed by atoms with Gasteiger partial charge in [0.25, 0.3) is 0 Å². The number of pyridine rings is 1. The van der Waals surface area contributed by atoms with E-state index in [9.17, 15) is 0 Å². The van der Waals surface area contributed by atoms with Crippen molar-refractivity contribution in [1.29, 1.82) is 5.26 Å². The van der Waals surface area contributed by atoms with Crippen LogP contribution in [0.1, 0.15) is 18.1 Å². The Hall–Kier alpha value is -2.14. The van der Waals surface area contributed by atoms with E-state index in [-0.39, 0.29) is 0 Å². The number of rotatable bonds is 2. The van der Waals surface area contributed by atoms with Gasteiger partial charge >= 0.3 is 0 Å². The van der Waals surface area contributed by atoms with Crippen LogP contribution in [0.2, 0.25) is 0 Å². The van der Waals surface area contributed by atoms with Crippen molar-refractivity contribution in [3.63, 3.8) is 0 Å². The molecule has 1 heterocycles. The van der Waals surface area contributed by atoms with Crippen molar-refractivity contribution < 1.29 is 0 Å². The van der Waals surface area contributed by atoms with Crippen molar-refractivity contribution in [2.75, 3.05) is 0 Å². The van der Waals surface area contributed by atoms with E-state index < -0.39 is 0 Å². The van der Waals surface area contributed by atoms with Gasteiger partial charge in [-0.25, -0.2) is 0 Å². The summed E-state index contributed by atoms with van der Waals surface area (Å²) in [6.45, 7) is 2.13. The number of nitrogens with zero attached hydrogens (tertiary/aromatic N) is 2. The van der Waals surface area contributed by atoms with Crippen LogP contribution >= 0.6 is 0 Å². The van der Waals surface area contributed by atoms with Crippen LogP contribution in [0.4, 0.5) is 0 Å². The highest BCUT2D eigenvalue weighted by atomic mass is 14.7. The summed E-state index contributed by atoms with van der Waals surface area (Å²) in [5, 5.41) is 8.68. The third-order valence-electron chi connectivity index (χ3n) is 2.55. The van der Waals surface area contributed by atoms with Gasteiger partial charge in [-0.15, -0.1) is 0 Å². The lowest BCUT2D eigenvalue weighted by molar-refractivity contribution is 1.14. The van der Waals surface area contributed by atoms with Crippen molar-refractivity contribution >= 4 is 0 Å². The van der Waals surface area contributed by atoms with Crippen LogP contribution in [-0.2, 0) is 6.42 Å². The second-order valence-electron chi connectivity index (χ2n) is 3.59. The zero-order valence-corrected chi connectivity index (χ0v) is 9.14. The number of aromatic nitrogens is 1. The third-order valence-corrected chi connectivity index (χ3v) is 2.55. The molecule has 0 atom stereocenters. The molecule has 0 aliphatic heterocycles. The summed E-state index contributed by atoms with van der Waals surface area (Å²) in [4.78, 5) is 4.25. The Morgan fingerprint density at radius 3 is 2.38 bits per heavy atom. The number of aryl methyl sites for hydroxylation is 1. The third kappa shape index (κ3) is 2.09. The molecule has 0 amide bonds. The Morgan fingerprint density at radius 2 is 1.88 bits per heavy atom. The number of hydrogen-bond acceptors (Lipinski definition) is 2. The van der Waals surface area contributed by atoms with E-state index in [2.05, 4.69) is 42.2 Å². The molecule has 0 saturated carbocycles. The fourth-order valence-corrected chi connectivity index (χ4v) is 1.54. The van der Waals surface area contributed by atoms with Crippen LogP contribution in [0.3, 0.4) is 0 Å². The van der Waals surface area contributed by atoms with Gasteiger partial charge in [-0.05, 0) is 24.1 Å². The normalized spacial score (nSPS) is 9.75. The van der Waals surface area contributed by atoms with E-state index in [1.165, 1.54) is 5.56 Å². The molecule has 2 nitrogen and oxygen atoms in total. The monoisotopic (exact) mass is 208 g/mol. The number of hydrogen-bond donors (Lipinski definition) is 0. The maximum Gasteiger partial charge on any atom is 0.101 e. The molecule has 0 aliphatic rings. The van der Waals surface area contributed by atoms with Crippen molar-refractivity contribution in [2.24, 2.45) is 0 Å². The van der Waals surface area contributed by atoms with Crippen LogP contribution in [-0.4, -0.2) is 4.98 Å². The van der Waals surface area contributed by atoms with Crippen molar-refractivity contribution in [1.82, 2.24) is 4.98 Å². The van der Waals surface area contributed by atoms with Crippen LogP contribution < -0.4 is 0 Å². The molecule has 0 radical (unpaired) electrons. The quantitative estimate of drug-likeness (QED) is 0.760. The molecule has 0 bridgehead atoms. The average Bonchev–Trinajstić information content (AvgIpc) is 2.39. The van der Waals surface area contributed by atoms with Crippen molar-refractivity contribution in [3.8, 4) is 17.3 Å². The van der Waals surface area contributed by atoms with Gasteiger partial charge in [0, 0.05) is 11.8 Å². The molecule has 0 unspecified atom stereocenters. The predicted molar refractivity (Wildman–Crippen MR) is 63.8 cm³/mol. The fraction of sp³-hybridized carbons (Fsp3) is 0.143. The highest BCUT2D eigenvalue weighted by Crippen LogP contribution is 2.17. The van der Waals surface area contributed by atoms with Gasteiger partial charge in [0.05, 0.1) is 11.3 Å². The van der Waals surface area contributed by atoms with Gasteiger partial charge in [0.2, 0.25) is 0 Å². The molecular weight excluding hydrogens is 196 g/mol. The minimum Gasteiger partial charge on any atom is -0.255 e. The smallest absolute Gasteiger partial charge is 0.101 e. The van der Waals surface area contributed by atoms with E-state index in [1.807, 2.05) is 6.07 Å². The number of nitriles is 1. The molecule has 1 aromatic heterocycles. The van der Waals surface area contributed by atoms with E-state index >= 15 is 0 Å². The molecule has 0 aliphatic carbocycles. The Labute approximate surface area is 95.2 Å². The first-order chi connectivity index (χ1) is 7.83. The summed E-state index contributed by atoms with van der Waals surface area (Å²) in [6, 6.07) is 14.1. The summed E-state index contributed by atoms with van der Waals surface area (Å²) < 4.78 is 0. The molecule has 2 rings (SSSR count). The molecule has 0 fully saturated rings. The molecular formula is C14H12N2. The van der Waals surface area contributed by atoms with Gasteiger partial charge in [-0.2, -0.15) is 5.26 Å². The first-order valence-electron chi connectivity index (χ1n) is 5.29. The van der Waals surface area contributed by atoms with Crippen LogP contribution in [0, 0.1) is 11.3 Å². The van der Waals surface area contributed by atoms with Crippen LogP contribution in [0.5, 0.6) is 0 Å². The highest BCUT2D eigenvalue weighted by Gasteiger charge is 1.99. The molecule has 0 spiro atoms. The predicted octanol–water partition coefficient (Wildman–Crippen LogP) is 3.18. The summed E-state index contributed by atoms with van der Waals surface area (Å²) >= 11 is 0. The van der Waals surface area contributed by atoms with E-state index in [0.29, 0.717) is 5.56 Å². The molecule has 0 N–H and O–H groups in total. The molecule has 16 heavy (non-hydrogen) atoms. The lowest BCUT2D eigenvalue weighted by atomic mass is 10.1. The Morgan fingerprint density at radius 1 is 1.12 bits per heavy atom. The van der Waals surface area contributed by atoms with E-state index in [4.69, 9.17) is 5.26 Å². The first-order valence-corrected chi connectivity index (χ1v) is 5.29. The second kappa shape index (κ2) is 4.59. The van der Waals surface area contributed by atoms with E-state index in [0.717, 1.165) is 17.7 Å². The highest BCUT2D eigenvalue weighted by molar-refractivity contribution is 5.59. The second-order valence-corrected chi connectivity index (χ2v) is 3.59. The molecule has 78 valence electrons. The minimum atomic E-state index is 0.592. The zero-order chi connectivity index (χ0) is 11.4. The Bertz CT molecular complexity index is 504. The van der Waals surface area contributed by atoms with Gasteiger partial charge in [0.1, 0.15) is 6.07 Å². The summed E-state index contributed by atoms with van der Waals surface area (Å²) in [5.41, 5.74) is 3.90. The molecule has 1 aromatic carbocycles. The SMILES string of the molecule is CCc1ccc(-c2ccc(C#N)cn2)cc1. The summed E-state index contributed by atoms with van der Waals surface area (Å²) in [5.74, 6) is 0. The lowest BCUT2D eigenvalue weighted by Crippen LogP contribution is -1.85. The maximum atomic E-state index is 8.68. The van der Waals surface area contributed by atoms with Crippen molar-refractivity contribution in [3.05, 3.63) is 53.7 Å². The van der Waals surface area contributed by atoms with Crippen LogP contribution in [0.15, 0.2) is 42.6 Å². The average molecular weight is 208 g/mol. The minimum absolute atomic E-state index is 0.592. The lowest BCUT2D eigenvalue weighted by Gasteiger charge is -2.02. The van der Waals surface area contributed by atoms with Gasteiger partial charge in [-0.3, -0.25) is 4.98 Å². The van der Waals surface area contributed by atoms with Crippen LogP contribution in [0.25, 0.3) is 11.3 Å². The fourth-order valence-electron chi connectivity index (χ4n) is 1.54. The Kier molecular flexibility index (Phi) is 2.98. The molecule has 2 heteroatoms.